The molecule has 1 saturated carbocycles. The Morgan fingerprint density at radius 2 is 2.08 bits per heavy atom. The summed E-state index contributed by atoms with van der Waals surface area (Å²) < 4.78 is 1.84. The molecule has 0 saturated heterocycles. The molecule has 0 radical (unpaired) electrons. The summed E-state index contributed by atoms with van der Waals surface area (Å²) in [5.74, 6) is 0.954. The highest BCUT2D eigenvalue weighted by molar-refractivity contribution is 7.20. The highest BCUT2D eigenvalue weighted by Crippen LogP contribution is 2.33. The van der Waals surface area contributed by atoms with E-state index in [-0.39, 0.29) is 11.7 Å². The largest absolute Gasteiger partial charge is 0.508 e. The molecule has 0 unspecified atom stereocenters. The Bertz CT molecular complexity index is 888. The maximum Gasteiger partial charge on any atom is 0.264 e. The Kier molecular flexibility index (Phi) is 4.00. The molecule has 1 aliphatic rings. The van der Waals surface area contributed by atoms with Crippen molar-refractivity contribution in [2.45, 2.75) is 26.3 Å². The predicted molar refractivity (Wildman–Crippen MR) is 98.9 cm³/mol. The number of aromatic nitrogens is 2. The summed E-state index contributed by atoms with van der Waals surface area (Å²) in [6.45, 7) is 3.34. The van der Waals surface area contributed by atoms with Gasteiger partial charge in [-0.3, -0.25) is 9.48 Å². The van der Waals surface area contributed by atoms with Crippen molar-refractivity contribution in [1.29, 1.82) is 0 Å². The summed E-state index contributed by atoms with van der Waals surface area (Å²) in [6, 6.07) is 9.07. The zero-order chi connectivity index (χ0) is 17.6. The topological polar surface area (TPSA) is 58.4 Å². The molecule has 5 nitrogen and oxygen atoms in total. The molecule has 2 aromatic heterocycles. The second kappa shape index (κ2) is 6.19. The fourth-order valence-electron chi connectivity index (χ4n) is 3.12. The van der Waals surface area contributed by atoms with Gasteiger partial charge in [-0.25, -0.2) is 0 Å². The first-order valence-corrected chi connectivity index (χ1v) is 9.33. The van der Waals surface area contributed by atoms with Crippen LogP contribution in [-0.2, 0) is 13.6 Å². The first-order valence-electron chi connectivity index (χ1n) is 8.51. The molecule has 0 bridgehead atoms. The molecule has 1 aromatic carbocycles. The van der Waals surface area contributed by atoms with Gasteiger partial charge in [0.2, 0.25) is 0 Å². The average molecular weight is 355 g/mol. The zero-order valence-electron chi connectivity index (χ0n) is 14.4. The molecule has 1 aliphatic carbocycles. The van der Waals surface area contributed by atoms with Gasteiger partial charge in [0.1, 0.15) is 10.6 Å². The molecule has 130 valence electrons. The third kappa shape index (κ3) is 3.26. The maximum atomic E-state index is 13.1. The van der Waals surface area contributed by atoms with Crippen molar-refractivity contribution in [2.75, 3.05) is 6.54 Å². The Balaban J connectivity index is 1.61. The molecule has 1 fully saturated rings. The van der Waals surface area contributed by atoms with Crippen molar-refractivity contribution in [1.82, 2.24) is 14.7 Å². The SMILES string of the molecule is Cc1nn(C)c2sc(C(=O)N(Cc3ccc(O)cc3)CC3CC3)cc12. The lowest BCUT2D eigenvalue weighted by Gasteiger charge is -2.22. The number of hydrogen-bond donors (Lipinski definition) is 1. The van der Waals surface area contributed by atoms with Gasteiger partial charge >= 0.3 is 0 Å². The van der Waals surface area contributed by atoms with Gasteiger partial charge in [0.05, 0.1) is 10.6 Å². The van der Waals surface area contributed by atoms with E-state index in [0.717, 1.165) is 32.9 Å². The lowest BCUT2D eigenvalue weighted by atomic mass is 10.2. The number of amides is 1. The molecular weight excluding hydrogens is 334 g/mol. The number of rotatable bonds is 5. The lowest BCUT2D eigenvalue weighted by molar-refractivity contribution is 0.0740. The zero-order valence-corrected chi connectivity index (χ0v) is 15.2. The van der Waals surface area contributed by atoms with Gasteiger partial charge in [-0.15, -0.1) is 11.3 Å². The van der Waals surface area contributed by atoms with E-state index in [1.807, 2.05) is 41.8 Å². The molecule has 0 aliphatic heterocycles. The molecule has 3 aromatic rings. The molecule has 1 N–H and O–H groups in total. The Morgan fingerprint density at radius 1 is 1.36 bits per heavy atom. The van der Waals surface area contributed by atoms with Crippen molar-refractivity contribution in [2.24, 2.45) is 13.0 Å². The van der Waals surface area contributed by atoms with E-state index in [4.69, 9.17) is 0 Å². The van der Waals surface area contributed by atoms with Gasteiger partial charge in [-0.2, -0.15) is 5.10 Å². The first kappa shape index (κ1) is 16.1. The number of carbonyl (C=O) groups is 1. The van der Waals surface area contributed by atoms with E-state index in [2.05, 4.69) is 5.10 Å². The third-order valence-electron chi connectivity index (χ3n) is 4.68. The molecule has 25 heavy (non-hydrogen) atoms. The molecular formula is C19H21N3O2S. The fraction of sp³-hybridized carbons (Fsp3) is 0.368. The number of thiophene rings is 1. The van der Waals surface area contributed by atoms with E-state index >= 15 is 0 Å². The highest BCUT2D eigenvalue weighted by atomic mass is 32.1. The standard InChI is InChI=1S/C19H21N3O2S/c1-12-16-9-17(25-19(16)21(2)20-12)18(24)22(10-13-3-4-13)11-14-5-7-15(23)8-6-14/h5-9,13,23H,3-4,10-11H2,1-2H3. The molecule has 4 rings (SSSR count). The number of carbonyl (C=O) groups excluding carboxylic acids is 1. The van der Waals surface area contributed by atoms with Crippen LogP contribution in [0.25, 0.3) is 10.2 Å². The van der Waals surface area contributed by atoms with Gasteiger partial charge < -0.3 is 10.0 Å². The maximum absolute atomic E-state index is 13.1. The van der Waals surface area contributed by atoms with Crippen LogP contribution in [0.15, 0.2) is 30.3 Å². The van der Waals surface area contributed by atoms with Crippen LogP contribution >= 0.6 is 11.3 Å². The van der Waals surface area contributed by atoms with E-state index in [9.17, 15) is 9.90 Å². The molecule has 6 heteroatoms. The second-order valence-electron chi connectivity index (χ2n) is 6.83. The van der Waals surface area contributed by atoms with Crippen molar-refractivity contribution in [3.63, 3.8) is 0 Å². The first-order chi connectivity index (χ1) is 12.0. The number of phenols is 1. The van der Waals surface area contributed by atoms with E-state index in [1.165, 1.54) is 24.2 Å². The van der Waals surface area contributed by atoms with Crippen LogP contribution in [0.5, 0.6) is 5.75 Å². The summed E-state index contributed by atoms with van der Waals surface area (Å²) in [4.78, 5) is 16.9. The van der Waals surface area contributed by atoms with Crippen LogP contribution < -0.4 is 0 Å². The number of nitrogens with zero attached hydrogens (tertiary/aromatic N) is 3. The highest BCUT2D eigenvalue weighted by Gasteiger charge is 2.28. The lowest BCUT2D eigenvalue weighted by Crippen LogP contribution is -2.32. The van der Waals surface area contributed by atoms with E-state index in [1.54, 1.807) is 12.1 Å². The number of aryl methyl sites for hydroxylation is 2. The molecule has 0 spiro atoms. The molecule has 2 heterocycles. The summed E-state index contributed by atoms with van der Waals surface area (Å²) in [6.07, 6.45) is 2.41. The number of aromatic hydroxyl groups is 1. The van der Waals surface area contributed by atoms with Crippen LogP contribution in [-0.4, -0.2) is 32.2 Å². The van der Waals surface area contributed by atoms with Crippen LogP contribution in [0.1, 0.15) is 33.8 Å². The van der Waals surface area contributed by atoms with Crippen molar-refractivity contribution >= 4 is 27.5 Å². The van der Waals surface area contributed by atoms with Gasteiger partial charge in [0.25, 0.3) is 5.91 Å². The number of hydrogen-bond acceptors (Lipinski definition) is 4. The minimum atomic E-state index is 0.0839. The third-order valence-corrected chi connectivity index (χ3v) is 5.87. The molecule has 1 amide bonds. The second-order valence-corrected chi connectivity index (χ2v) is 7.86. The Hall–Kier alpha value is -2.34. The summed E-state index contributed by atoms with van der Waals surface area (Å²) >= 11 is 1.51. The fourth-order valence-corrected chi connectivity index (χ4v) is 4.21. The minimum Gasteiger partial charge on any atom is -0.508 e. The van der Waals surface area contributed by atoms with Crippen LogP contribution in [0.3, 0.4) is 0 Å². The van der Waals surface area contributed by atoms with Gasteiger partial charge in [0.15, 0.2) is 0 Å². The Labute approximate surface area is 150 Å². The monoisotopic (exact) mass is 355 g/mol. The van der Waals surface area contributed by atoms with E-state index in [0.29, 0.717) is 12.5 Å². The number of phenolic OH excluding ortho intramolecular Hbond substituents is 1. The van der Waals surface area contributed by atoms with Crippen LogP contribution in [0.2, 0.25) is 0 Å². The number of fused-ring (bicyclic) bond motifs is 1. The van der Waals surface area contributed by atoms with Gasteiger partial charge in [-0.1, -0.05) is 12.1 Å². The van der Waals surface area contributed by atoms with Gasteiger partial charge in [-0.05, 0) is 49.4 Å². The van der Waals surface area contributed by atoms with Crippen molar-refractivity contribution in [3.05, 3.63) is 46.5 Å². The molecule has 0 atom stereocenters. The number of benzene rings is 1. The van der Waals surface area contributed by atoms with E-state index < -0.39 is 0 Å². The quantitative estimate of drug-likeness (QED) is 0.759. The minimum absolute atomic E-state index is 0.0839. The smallest absolute Gasteiger partial charge is 0.264 e. The summed E-state index contributed by atoms with van der Waals surface area (Å²) in [7, 11) is 1.92. The predicted octanol–water partition coefficient (Wildman–Crippen LogP) is 3.70. The summed E-state index contributed by atoms with van der Waals surface area (Å²) in [5, 5.41) is 14.9. The van der Waals surface area contributed by atoms with Crippen molar-refractivity contribution < 1.29 is 9.90 Å². The normalized spacial score (nSPS) is 14.2. The Morgan fingerprint density at radius 3 is 2.72 bits per heavy atom. The van der Waals surface area contributed by atoms with Crippen LogP contribution in [0, 0.1) is 12.8 Å². The van der Waals surface area contributed by atoms with Crippen LogP contribution in [0.4, 0.5) is 0 Å². The summed E-state index contributed by atoms with van der Waals surface area (Å²) in [5.41, 5.74) is 1.99. The average Bonchev–Trinajstić information content (AvgIpc) is 3.22. The van der Waals surface area contributed by atoms with Gasteiger partial charge in [0, 0.05) is 25.5 Å². The van der Waals surface area contributed by atoms with Crippen molar-refractivity contribution in [3.8, 4) is 5.75 Å².